The quantitative estimate of drug-likeness (QED) is 0.295. The molecule has 0 atom stereocenters. The lowest BCUT2D eigenvalue weighted by Gasteiger charge is -2.14. The Morgan fingerprint density at radius 2 is 1.79 bits per heavy atom. The number of halogens is 5. The first kappa shape index (κ1) is 26.9. The van der Waals surface area contributed by atoms with E-state index in [1.54, 1.807) is 0 Å². The van der Waals surface area contributed by atoms with E-state index in [-0.39, 0.29) is 38.8 Å². The Labute approximate surface area is 222 Å². The lowest BCUT2D eigenvalue weighted by atomic mass is 10.1. The predicted octanol–water partition coefficient (Wildman–Crippen LogP) is 5.25. The Hall–Kier alpha value is -4.16. The van der Waals surface area contributed by atoms with Crippen molar-refractivity contribution in [2.45, 2.75) is 6.61 Å². The molecule has 4 rings (SSSR count). The molecule has 0 aliphatic rings. The van der Waals surface area contributed by atoms with E-state index in [2.05, 4.69) is 15.0 Å². The minimum Gasteiger partial charge on any atom is -0.507 e. The first-order valence-corrected chi connectivity index (χ1v) is 11.3. The minimum absolute atomic E-state index is 0.00410. The van der Waals surface area contributed by atoms with Crippen molar-refractivity contribution in [3.05, 3.63) is 80.4 Å². The minimum atomic E-state index is -3.06. The van der Waals surface area contributed by atoms with E-state index in [0.717, 1.165) is 33.6 Å². The molecule has 2 aromatic carbocycles. The van der Waals surface area contributed by atoms with E-state index in [1.165, 1.54) is 38.4 Å². The Morgan fingerprint density at radius 1 is 1.11 bits per heavy atom. The summed E-state index contributed by atoms with van der Waals surface area (Å²) in [6.07, 6.45) is 0. The number of carbonyl (C=O) groups is 1. The molecule has 198 valence electrons. The van der Waals surface area contributed by atoms with E-state index in [0.29, 0.717) is 0 Å². The van der Waals surface area contributed by atoms with Gasteiger partial charge < -0.3 is 19.9 Å². The van der Waals surface area contributed by atoms with Crippen LogP contribution in [0.1, 0.15) is 10.4 Å². The van der Waals surface area contributed by atoms with Crippen LogP contribution in [0.4, 0.5) is 18.9 Å². The third-order valence-corrected chi connectivity index (χ3v) is 5.86. The fraction of sp³-hybridized carbons (Fsp3) is 0.125. The zero-order valence-electron chi connectivity index (χ0n) is 19.5. The van der Waals surface area contributed by atoms with Gasteiger partial charge in [0.25, 0.3) is 11.5 Å². The normalized spacial score (nSPS) is 11.1. The number of nitrogens with zero attached hydrogens (tertiary/aromatic N) is 3. The van der Waals surface area contributed by atoms with Crippen LogP contribution in [0.5, 0.6) is 17.2 Å². The number of amides is 1. The van der Waals surface area contributed by atoms with Gasteiger partial charge in [-0.25, -0.2) is 9.37 Å². The van der Waals surface area contributed by atoms with Gasteiger partial charge in [0.1, 0.15) is 39.6 Å². The number of hydrogen-bond donors (Lipinski definition) is 2. The number of aromatic hydroxyl groups is 1. The van der Waals surface area contributed by atoms with Gasteiger partial charge in [-0.15, -0.1) is 0 Å². The zero-order valence-corrected chi connectivity index (χ0v) is 21.0. The largest absolute Gasteiger partial charge is 0.507 e. The van der Waals surface area contributed by atoms with E-state index in [9.17, 15) is 23.5 Å². The summed E-state index contributed by atoms with van der Waals surface area (Å²) in [5, 5.41) is 13.0. The van der Waals surface area contributed by atoms with Crippen LogP contribution in [0, 0.1) is 5.82 Å². The molecule has 1 amide bonds. The highest BCUT2D eigenvalue weighted by atomic mass is 35.5. The van der Waals surface area contributed by atoms with Gasteiger partial charge in [-0.3, -0.25) is 14.3 Å². The molecule has 0 unspecified atom stereocenters. The van der Waals surface area contributed by atoms with Gasteiger partial charge in [-0.2, -0.15) is 13.5 Å². The topological polar surface area (TPSA) is 108 Å². The lowest BCUT2D eigenvalue weighted by molar-refractivity contribution is -0.0498. The van der Waals surface area contributed by atoms with E-state index < -0.39 is 40.9 Å². The van der Waals surface area contributed by atoms with Crippen LogP contribution in [0.25, 0.3) is 17.1 Å². The summed E-state index contributed by atoms with van der Waals surface area (Å²) in [5.41, 5.74) is -2.04. The van der Waals surface area contributed by atoms with Crippen molar-refractivity contribution in [2.24, 2.45) is 7.05 Å². The Balaban J connectivity index is 1.90. The second kappa shape index (κ2) is 10.7. The van der Waals surface area contributed by atoms with E-state index in [4.69, 9.17) is 27.9 Å². The first-order valence-electron chi connectivity index (χ1n) is 10.6. The molecule has 14 heteroatoms. The first-order chi connectivity index (χ1) is 18.0. The van der Waals surface area contributed by atoms with Crippen LogP contribution in [-0.4, -0.2) is 39.1 Å². The third-order valence-electron chi connectivity index (χ3n) is 5.36. The van der Waals surface area contributed by atoms with Crippen molar-refractivity contribution in [1.29, 1.82) is 0 Å². The standard InChI is InChI=1S/C24H17Cl2F3N4O5/c1-32-20(18-15(27)9-13(37-2)10-16(18)34)19(23(36)33(32)21-14(25)7-8-17(26)30-21)31-22(35)11-3-5-12(6-4-11)38-24(28)29/h3-10,24,34H,1-2H3,(H,31,35). The molecule has 38 heavy (non-hydrogen) atoms. The number of methoxy groups -OCH3 is 1. The smallest absolute Gasteiger partial charge is 0.387 e. The maximum atomic E-state index is 15.2. The number of phenolic OH excluding ortho intramolecular Hbond substituents is 1. The van der Waals surface area contributed by atoms with Gasteiger partial charge in [0.2, 0.25) is 0 Å². The molecular formula is C24H17Cl2F3N4O5. The van der Waals surface area contributed by atoms with Crippen molar-refractivity contribution in [3.63, 3.8) is 0 Å². The van der Waals surface area contributed by atoms with Crippen LogP contribution in [0.2, 0.25) is 10.2 Å². The van der Waals surface area contributed by atoms with Gasteiger partial charge in [0.05, 0.1) is 17.7 Å². The highest BCUT2D eigenvalue weighted by molar-refractivity contribution is 6.33. The van der Waals surface area contributed by atoms with Crippen molar-refractivity contribution in [1.82, 2.24) is 14.3 Å². The number of carbonyl (C=O) groups excluding carboxylic acids is 1. The van der Waals surface area contributed by atoms with Crippen LogP contribution in [0.3, 0.4) is 0 Å². The highest BCUT2D eigenvalue weighted by Gasteiger charge is 2.28. The maximum Gasteiger partial charge on any atom is 0.387 e. The monoisotopic (exact) mass is 568 g/mol. The molecule has 9 nitrogen and oxygen atoms in total. The molecule has 0 saturated heterocycles. The number of phenols is 1. The van der Waals surface area contributed by atoms with Crippen LogP contribution in [-0.2, 0) is 7.05 Å². The molecule has 0 spiro atoms. The predicted molar refractivity (Wildman–Crippen MR) is 133 cm³/mol. The van der Waals surface area contributed by atoms with Gasteiger partial charge in [-0.1, -0.05) is 23.2 Å². The summed E-state index contributed by atoms with van der Waals surface area (Å²) in [6.45, 7) is -3.06. The fourth-order valence-electron chi connectivity index (χ4n) is 3.69. The van der Waals surface area contributed by atoms with Crippen LogP contribution >= 0.6 is 23.2 Å². The number of anilines is 1. The van der Waals surface area contributed by atoms with Crippen molar-refractivity contribution in [3.8, 4) is 34.3 Å². The van der Waals surface area contributed by atoms with Crippen molar-refractivity contribution >= 4 is 34.8 Å². The van der Waals surface area contributed by atoms with E-state index >= 15 is 4.39 Å². The van der Waals surface area contributed by atoms with Gasteiger partial charge in [0.15, 0.2) is 5.82 Å². The molecule has 0 aliphatic carbocycles. The zero-order chi connectivity index (χ0) is 27.7. The van der Waals surface area contributed by atoms with Crippen molar-refractivity contribution < 1.29 is 32.5 Å². The summed E-state index contributed by atoms with van der Waals surface area (Å²) < 4.78 is 51.4. The number of rotatable bonds is 7. The number of benzene rings is 2. The second-order valence-electron chi connectivity index (χ2n) is 7.66. The van der Waals surface area contributed by atoms with E-state index in [1.807, 2.05) is 0 Å². The average Bonchev–Trinajstić information content (AvgIpc) is 3.09. The third kappa shape index (κ3) is 5.13. The summed E-state index contributed by atoms with van der Waals surface area (Å²) in [7, 11) is 2.63. The molecule has 2 heterocycles. The number of alkyl halides is 2. The Bertz CT molecular complexity index is 1570. The summed E-state index contributed by atoms with van der Waals surface area (Å²) in [4.78, 5) is 30.7. The van der Waals surface area contributed by atoms with Crippen LogP contribution < -0.4 is 20.3 Å². The summed E-state index contributed by atoms with van der Waals surface area (Å²) >= 11 is 12.2. The molecule has 2 aromatic heterocycles. The van der Waals surface area contributed by atoms with Gasteiger partial charge >= 0.3 is 6.61 Å². The molecule has 2 N–H and O–H groups in total. The molecule has 4 aromatic rings. The Kier molecular flexibility index (Phi) is 7.56. The molecule has 0 aliphatic heterocycles. The average molecular weight is 569 g/mol. The molecule has 0 saturated carbocycles. The number of hydrogen-bond acceptors (Lipinski definition) is 6. The number of ether oxygens (including phenoxy) is 2. The number of nitrogens with one attached hydrogen (secondary N) is 1. The fourth-order valence-corrected chi connectivity index (χ4v) is 4.02. The summed E-state index contributed by atoms with van der Waals surface area (Å²) in [6, 6.07) is 9.53. The highest BCUT2D eigenvalue weighted by Crippen LogP contribution is 2.39. The molecular weight excluding hydrogens is 552 g/mol. The van der Waals surface area contributed by atoms with Crippen molar-refractivity contribution in [2.75, 3.05) is 12.4 Å². The molecule has 0 fully saturated rings. The lowest BCUT2D eigenvalue weighted by Crippen LogP contribution is -2.24. The number of aromatic nitrogens is 3. The SMILES string of the molecule is COc1cc(O)c(-c2c(NC(=O)c3ccc(OC(F)F)cc3)c(=O)n(-c3nc(Cl)ccc3Cl)n2C)c(F)c1. The second-order valence-corrected chi connectivity index (χ2v) is 8.46. The maximum absolute atomic E-state index is 15.2. The van der Waals surface area contributed by atoms with Gasteiger partial charge in [-0.05, 0) is 36.4 Å². The number of pyridine rings is 1. The Morgan fingerprint density at radius 3 is 2.39 bits per heavy atom. The van der Waals surface area contributed by atoms with Gasteiger partial charge in [0, 0.05) is 24.7 Å². The molecule has 0 bridgehead atoms. The summed E-state index contributed by atoms with van der Waals surface area (Å²) in [5.74, 6) is -2.72. The van der Waals surface area contributed by atoms with Crippen LogP contribution in [0.15, 0.2) is 53.3 Å². The molecule has 0 radical (unpaired) electrons.